The number of ether oxygens (including phenoxy) is 1. The van der Waals surface area contributed by atoms with Crippen LogP contribution >= 0.6 is 0 Å². The topological polar surface area (TPSA) is 43.4 Å². The summed E-state index contributed by atoms with van der Waals surface area (Å²) in [5.74, 6) is -2.31. The van der Waals surface area contributed by atoms with Crippen molar-refractivity contribution in [2.24, 2.45) is 0 Å². The van der Waals surface area contributed by atoms with E-state index < -0.39 is 29.6 Å². The number of esters is 1. The minimum absolute atomic E-state index is 0.163. The lowest BCUT2D eigenvalue weighted by Gasteiger charge is -2.05. The second-order valence-electron chi connectivity index (χ2n) is 3.07. The van der Waals surface area contributed by atoms with Crippen LogP contribution in [0.25, 0.3) is 0 Å². The molecule has 0 saturated carbocycles. The number of hydrogen-bond donors (Lipinski definition) is 0. The van der Waals surface area contributed by atoms with Crippen molar-refractivity contribution in [2.75, 3.05) is 6.61 Å². The van der Waals surface area contributed by atoms with Gasteiger partial charge in [0.1, 0.15) is 11.6 Å². The molecule has 0 N–H and O–H groups in total. The van der Waals surface area contributed by atoms with Crippen molar-refractivity contribution in [3.63, 3.8) is 0 Å². The van der Waals surface area contributed by atoms with Crippen LogP contribution in [0.4, 0.5) is 8.78 Å². The molecule has 0 radical (unpaired) electrons. The van der Waals surface area contributed by atoms with E-state index in [1.165, 1.54) is 0 Å². The fourth-order valence-corrected chi connectivity index (χ4v) is 1.25. The van der Waals surface area contributed by atoms with E-state index in [1.54, 1.807) is 6.92 Å². The largest absolute Gasteiger partial charge is 0.466 e. The lowest BCUT2D eigenvalue weighted by Crippen LogP contribution is -2.10. The van der Waals surface area contributed by atoms with Gasteiger partial charge >= 0.3 is 5.97 Å². The van der Waals surface area contributed by atoms with Crippen LogP contribution in [0.3, 0.4) is 0 Å². The SMILES string of the molecule is CCOC(=O)Cc1cc(F)cc(C=O)c1F. The van der Waals surface area contributed by atoms with Crippen LogP contribution in [0.2, 0.25) is 0 Å². The van der Waals surface area contributed by atoms with E-state index in [9.17, 15) is 18.4 Å². The summed E-state index contributed by atoms with van der Waals surface area (Å²) >= 11 is 0. The highest BCUT2D eigenvalue weighted by Crippen LogP contribution is 2.15. The highest BCUT2D eigenvalue weighted by Gasteiger charge is 2.14. The van der Waals surface area contributed by atoms with E-state index in [1.807, 2.05) is 0 Å². The molecule has 0 aliphatic heterocycles. The molecule has 0 heterocycles. The van der Waals surface area contributed by atoms with Gasteiger partial charge in [-0.25, -0.2) is 8.78 Å². The molecule has 0 saturated heterocycles. The van der Waals surface area contributed by atoms with Crippen LogP contribution in [-0.2, 0) is 16.0 Å². The Morgan fingerprint density at radius 2 is 2.12 bits per heavy atom. The molecule has 0 bridgehead atoms. The highest BCUT2D eigenvalue weighted by molar-refractivity contribution is 5.78. The number of aldehydes is 1. The van der Waals surface area contributed by atoms with E-state index in [4.69, 9.17) is 0 Å². The number of hydrogen-bond acceptors (Lipinski definition) is 3. The van der Waals surface area contributed by atoms with Crippen molar-refractivity contribution in [2.45, 2.75) is 13.3 Å². The standard InChI is InChI=1S/C11H10F2O3/c1-2-16-10(15)5-7-3-9(12)4-8(6-14)11(7)13/h3-4,6H,2,5H2,1H3. The molecule has 1 rings (SSSR count). The maximum absolute atomic E-state index is 13.4. The Labute approximate surface area is 91.0 Å². The normalized spacial score (nSPS) is 9.94. The molecule has 0 aromatic heterocycles. The second-order valence-corrected chi connectivity index (χ2v) is 3.07. The third kappa shape index (κ3) is 2.85. The molecule has 0 atom stereocenters. The molecule has 0 aliphatic rings. The predicted molar refractivity (Wildman–Crippen MR) is 52.1 cm³/mol. The zero-order valence-electron chi connectivity index (χ0n) is 8.63. The quantitative estimate of drug-likeness (QED) is 0.583. The molecular formula is C11H10F2O3. The Balaban J connectivity index is 2.99. The summed E-state index contributed by atoms with van der Waals surface area (Å²) in [6.07, 6.45) is -0.189. The summed E-state index contributed by atoms with van der Waals surface area (Å²) < 4.78 is 31.0. The number of rotatable bonds is 4. The number of benzene rings is 1. The molecule has 16 heavy (non-hydrogen) atoms. The molecule has 0 fully saturated rings. The Bertz CT molecular complexity index is 416. The summed E-state index contributed by atoms with van der Waals surface area (Å²) in [5, 5.41) is 0. The van der Waals surface area contributed by atoms with Gasteiger partial charge in [0.25, 0.3) is 0 Å². The van der Waals surface area contributed by atoms with Gasteiger partial charge in [0.2, 0.25) is 0 Å². The van der Waals surface area contributed by atoms with Crippen molar-refractivity contribution < 1.29 is 23.1 Å². The summed E-state index contributed by atoms with van der Waals surface area (Å²) in [4.78, 5) is 21.5. The van der Waals surface area contributed by atoms with Gasteiger partial charge in [-0.1, -0.05) is 0 Å². The minimum Gasteiger partial charge on any atom is -0.466 e. The van der Waals surface area contributed by atoms with E-state index in [0.717, 1.165) is 12.1 Å². The molecule has 0 amide bonds. The average Bonchev–Trinajstić information content (AvgIpc) is 2.23. The molecule has 0 spiro atoms. The van der Waals surface area contributed by atoms with Crippen LogP contribution in [0.15, 0.2) is 12.1 Å². The minimum atomic E-state index is -0.885. The molecule has 3 nitrogen and oxygen atoms in total. The zero-order chi connectivity index (χ0) is 12.1. The number of carbonyl (C=O) groups is 2. The third-order valence-corrected chi connectivity index (χ3v) is 1.91. The van der Waals surface area contributed by atoms with Crippen molar-refractivity contribution in [1.82, 2.24) is 0 Å². The summed E-state index contributed by atoms with van der Waals surface area (Å²) in [6.45, 7) is 1.77. The zero-order valence-corrected chi connectivity index (χ0v) is 8.63. The summed E-state index contributed by atoms with van der Waals surface area (Å²) in [5.41, 5.74) is -0.583. The fourth-order valence-electron chi connectivity index (χ4n) is 1.25. The molecule has 0 aliphatic carbocycles. The van der Waals surface area contributed by atoms with Crippen LogP contribution in [0.5, 0.6) is 0 Å². The first-order valence-corrected chi connectivity index (χ1v) is 4.67. The van der Waals surface area contributed by atoms with E-state index in [0.29, 0.717) is 0 Å². The smallest absolute Gasteiger partial charge is 0.310 e. The van der Waals surface area contributed by atoms with Gasteiger partial charge in [0, 0.05) is 5.56 Å². The summed E-state index contributed by atoms with van der Waals surface area (Å²) in [7, 11) is 0. The van der Waals surface area contributed by atoms with Gasteiger partial charge in [0.05, 0.1) is 18.6 Å². The summed E-state index contributed by atoms with van der Waals surface area (Å²) in [6, 6.07) is 1.65. The van der Waals surface area contributed by atoms with E-state index >= 15 is 0 Å². The molecule has 5 heteroatoms. The second kappa shape index (κ2) is 5.34. The maximum Gasteiger partial charge on any atom is 0.310 e. The van der Waals surface area contributed by atoms with E-state index in [2.05, 4.69) is 4.74 Å². The van der Waals surface area contributed by atoms with Gasteiger partial charge in [-0.2, -0.15) is 0 Å². The van der Waals surface area contributed by atoms with E-state index in [-0.39, 0.29) is 18.5 Å². The Morgan fingerprint density at radius 3 is 2.69 bits per heavy atom. The fraction of sp³-hybridized carbons (Fsp3) is 0.273. The molecule has 1 aromatic rings. The number of halogens is 2. The van der Waals surface area contributed by atoms with Crippen molar-refractivity contribution in [3.05, 3.63) is 34.9 Å². The highest BCUT2D eigenvalue weighted by atomic mass is 19.1. The monoisotopic (exact) mass is 228 g/mol. The van der Waals surface area contributed by atoms with Crippen LogP contribution in [0, 0.1) is 11.6 Å². The maximum atomic E-state index is 13.4. The first-order valence-electron chi connectivity index (χ1n) is 4.67. The Morgan fingerprint density at radius 1 is 1.44 bits per heavy atom. The Kier molecular flexibility index (Phi) is 4.10. The van der Waals surface area contributed by atoms with Gasteiger partial charge in [0.15, 0.2) is 6.29 Å². The third-order valence-electron chi connectivity index (χ3n) is 1.91. The van der Waals surface area contributed by atoms with Crippen molar-refractivity contribution >= 4 is 12.3 Å². The molecular weight excluding hydrogens is 218 g/mol. The van der Waals surface area contributed by atoms with Gasteiger partial charge in [-0.15, -0.1) is 0 Å². The average molecular weight is 228 g/mol. The molecule has 0 unspecified atom stereocenters. The predicted octanol–water partition coefficient (Wildman–Crippen LogP) is 1.88. The van der Waals surface area contributed by atoms with Crippen molar-refractivity contribution in [3.8, 4) is 0 Å². The van der Waals surface area contributed by atoms with Crippen LogP contribution < -0.4 is 0 Å². The van der Waals surface area contributed by atoms with Crippen LogP contribution in [-0.4, -0.2) is 18.9 Å². The van der Waals surface area contributed by atoms with Crippen LogP contribution in [0.1, 0.15) is 22.8 Å². The van der Waals surface area contributed by atoms with Gasteiger partial charge in [-0.05, 0) is 19.1 Å². The molecule has 1 aromatic carbocycles. The van der Waals surface area contributed by atoms with Crippen molar-refractivity contribution in [1.29, 1.82) is 0 Å². The lowest BCUT2D eigenvalue weighted by molar-refractivity contribution is -0.142. The molecule has 86 valence electrons. The Hall–Kier alpha value is -1.78. The lowest BCUT2D eigenvalue weighted by atomic mass is 10.1. The van der Waals surface area contributed by atoms with Gasteiger partial charge < -0.3 is 4.74 Å². The first-order chi connectivity index (χ1) is 7.58. The number of carbonyl (C=O) groups excluding carboxylic acids is 2. The first kappa shape index (κ1) is 12.3. The van der Waals surface area contributed by atoms with Gasteiger partial charge in [-0.3, -0.25) is 9.59 Å².